The molecule has 0 aliphatic heterocycles. The van der Waals surface area contributed by atoms with Crippen molar-refractivity contribution in [1.29, 1.82) is 0 Å². The molecule has 3 heteroatoms. The summed E-state index contributed by atoms with van der Waals surface area (Å²) in [5.74, 6) is 0.0376. The smallest absolute Gasteiger partial charge is 0.166 e. The molecule has 2 rings (SSSR count). The summed E-state index contributed by atoms with van der Waals surface area (Å²) in [6.07, 6.45) is 5.42. The van der Waals surface area contributed by atoms with E-state index in [0.29, 0.717) is 24.0 Å². The molecule has 0 saturated heterocycles. The minimum Gasteiger partial charge on any atom is -0.294 e. The Hall–Kier alpha value is -1.35. The second-order valence-electron chi connectivity index (χ2n) is 9.34. The summed E-state index contributed by atoms with van der Waals surface area (Å²) in [5, 5.41) is 0. The Balaban J connectivity index is 2.31. The van der Waals surface area contributed by atoms with Gasteiger partial charge >= 0.3 is 0 Å². The zero-order valence-corrected chi connectivity index (χ0v) is 17.2. The van der Waals surface area contributed by atoms with Gasteiger partial charge in [0.25, 0.3) is 0 Å². The van der Waals surface area contributed by atoms with Crippen LogP contribution in [0.2, 0.25) is 0 Å². The van der Waals surface area contributed by atoms with Crippen molar-refractivity contribution in [3.63, 3.8) is 0 Å². The Kier molecular flexibility index (Phi) is 5.39. The molecule has 136 valence electrons. The van der Waals surface area contributed by atoms with Crippen LogP contribution in [-0.2, 0) is 9.59 Å². The van der Waals surface area contributed by atoms with Crippen LogP contribution in [0, 0.1) is 22.7 Å². The average Bonchev–Trinajstić information content (AvgIpc) is 2.43. The number of rotatable bonds is 2. The topological polar surface area (TPSA) is 34.1 Å². The highest BCUT2D eigenvalue weighted by molar-refractivity contribution is 8.06. The van der Waals surface area contributed by atoms with Crippen LogP contribution in [0.15, 0.2) is 46.3 Å². The number of thioether (sulfide) groups is 1. The first-order valence-corrected chi connectivity index (χ1v) is 9.65. The van der Waals surface area contributed by atoms with Gasteiger partial charge in [0.1, 0.15) is 0 Å². The Morgan fingerprint density at radius 3 is 1.40 bits per heavy atom. The van der Waals surface area contributed by atoms with Crippen molar-refractivity contribution in [2.24, 2.45) is 22.7 Å². The highest BCUT2D eigenvalue weighted by Gasteiger charge is 2.37. The van der Waals surface area contributed by atoms with E-state index >= 15 is 0 Å². The monoisotopic (exact) mass is 358 g/mol. The van der Waals surface area contributed by atoms with Crippen molar-refractivity contribution < 1.29 is 9.59 Å². The van der Waals surface area contributed by atoms with E-state index in [2.05, 4.69) is 66.9 Å². The number of Topliss-reactive ketones (excluding diaryl/α,β-unsaturated/α-hetero) is 2. The summed E-state index contributed by atoms with van der Waals surface area (Å²) in [6.45, 7) is 20.5. The van der Waals surface area contributed by atoms with Crippen LogP contribution in [0.25, 0.3) is 0 Å². The molecule has 0 N–H and O–H groups in total. The maximum absolute atomic E-state index is 12.5. The summed E-state index contributed by atoms with van der Waals surface area (Å²) < 4.78 is 0. The Labute approximate surface area is 156 Å². The fraction of sp³-hybridized carbons (Fsp3) is 0.545. The van der Waals surface area contributed by atoms with Crippen molar-refractivity contribution in [3.05, 3.63) is 46.3 Å². The fourth-order valence-electron chi connectivity index (χ4n) is 3.27. The Morgan fingerprint density at radius 2 is 1.12 bits per heavy atom. The van der Waals surface area contributed by atoms with E-state index in [0.717, 1.165) is 9.81 Å². The largest absolute Gasteiger partial charge is 0.294 e. The van der Waals surface area contributed by atoms with E-state index < -0.39 is 0 Å². The summed E-state index contributed by atoms with van der Waals surface area (Å²) in [5.41, 5.74) is 1.12. The lowest BCUT2D eigenvalue weighted by Gasteiger charge is -2.34. The lowest BCUT2D eigenvalue weighted by atomic mass is 9.73. The molecule has 0 bridgehead atoms. The van der Waals surface area contributed by atoms with Crippen LogP contribution in [0.5, 0.6) is 0 Å². The van der Waals surface area contributed by atoms with Gasteiger partial charge in [0.05, 0.1) is 0 Å². The maximum atomic E-state index is 12.5. The fourth-order valence-corrected chi connectivity index (χ4v) is 4.51. The van der Waals surface area contributed by atoms with Gasteiger partial charge in [-0.25, -0.2) is 0 Å². The zero-order chi connectivity index (χ0) is 19.2. The summed E-state index contributed by atoms with van der Waals surface area (Å²) in [4.78, 5) is 27.2. The van der Waals surface area contributed by atoms with E-state index in [1.807, 2.05) is 0 Å². The molecule has 2 nitrogen and oxygen atoms in total. The quantitative estimate of drug-likeness (QED) is 0.579. The van der Waals surface area contributed by atoms with Gasteiger partial charge in [-0.2, -0.15) is 0 Å². The molecule has 0 heterocycles. The molecule has 0 fully saturated rings. The van der Waals surface area contributed by atoms with Crippen molar-refractivity contribution in [1.82, 2.24) is 0 Å². The van der Waals surface area contributed by atoms with Gasteiger partial charge in [-0.15, -0.1) is 0 Å². The van der Waals surface area contributed by atoms with Crippen molar-refractivity contribution in [2.45, 2.75) is 54.4 Å². The van der Waals surface area contributed by atoms with E-state index in [1.165, 1.54) is 0 Å². The van der Waals surface area contributed by atoms with E-state index in [1.54, 1.807) is 11.8 Å². The third kappa shape index (κ3) is 4.44. The number of ketones is 2. The summed E-state index contributed by atoms with van der Waals surface area (Å²) in [7, 11) is 0. The predicted molar refractivity (Wildman–Crippen MR) is 107 cm³/mol. The van der Waals surface area contributed by atoms with E-state index in [9.17, 15) is 9.59 Å². The standard InChI is InChI=1S/C22H30O2S/c1-13-9-15(11-17(19(13)23)21(3,4)5)25-16-10-14(2)20(24)18(12-16)22(6,7)8/h11-12,17-18H,1-2,9-10H2,3-8H3. The number of allylic oxidation sites excluding steroid dienone is 6. The number of carbonyl (C=O) groups excluding carboxylic acids is 2. The van der Waals surface area contributed by atoms with Crippen molar-refractivity contribution in [2.75, 3.05) is 0 Å². The zero-order valence-electron chi connectivity index (χ0n) is 16.4. The van der Waals surface area contributed by atoms with Crippen LogP contribution < -0.4 is 0 Å². The predicted octanol–water partition coefficient (Wildman–Crippen LogP) is 5.87. The average molecular weight is 359 g/mol. The van der Waals surface area contributed by atoms with Gasteiger partial charge in [0.15, 0.2) is 11.6 Å². The minimum atomic E-state index is -0.135. The second-order valence-corrected chi connectivity index (χ2v) is 10.6. The highest BCUT2D eigenvalue weighted by Crippen LogP contribution is 2.45. The minimum absolute atomic E-state index is 0.124. The first kappa shape index (κ1) is 20.0. The molecule has 0 aromatic carbocycles. The first-order chi connectivity index (χ1) is 11.3. The van der Waals surface area contributed by atoms with Crippen LogP contribution >= 0.6 is 11.8 Å². The number of carbonyl (C=O) groups is 2. The Morgan fingerprint density at radius 1 is 0.800 bits per heavy atom. The van der Waals surface area contributed by atoms with Gasteiger partial charge < -0.3 is 0 Å². The molecule has 2 aliphatic carbocycles. The summed E-state index contributed by atoms with van der Waals surface area (Å²) >= 11 is 1.69. The molecule has 0 radical (unpaired) electrons. The lowest BCUT2D eigenvalue weighted by Crippen LogP contribution is -2.31. The molecule has 0 spiro atoms. The van der Waals surface area contributed by atoms with Gasteiger partial charge in [-0.05, 0) is 31.8 Å². The molecule has 0 aromatic heterocycles. The maximum Gasteiger partial charge on any atom is 0.166 e. The van der Waals surface area contributed by atoms with Gasteiger partial charge in [-0.1, -0.05) is 78.6 Å². The molecule has 25 heavy (non-hydrogen) atoms. The van der Waals surface area contributed by atoms with Crippen LogP contribution in [-0.4, -0.2) is 11.6 Å². The first-order valence-electron chi connectivity index (χ1n) is 8.84. The molecule has 2 atom stereocenters. The van der Waals surface area contributed by atoms with E-state index in [-0.39, 0.29) is 34.2 Å². The highest BCUT2D eigenvalue weighted by atomic mass is 32.2. The molecule has 2 aliphatic rings. The third-order valence-corrected chi connectivity index (χ3v) is 5.96. The molecular weight excluding hydrogens is 328 g/mol. The Bertz CT molecular complexity index is 633. The van der Waals surface area contributed by atoms with Gasteiger partial charge in [0.2, 0.25) is 0 Å². The number of hydrogen-bond acceptors (Lipinski definition) is 3. The molecule has 0 aromatic rings. The van der Waals surface area contributed by atoms with Gasteiger partial charge in [-0.3, -0.25) is 9.59 Å². The normalized spacial score (nSPS) is 25.8. The van der Waals surface area contributed by atoms with Crippen LogP contribution in [0.4, 0.5) is 0 Å². The van der Waals surface area contributed by atoms with Gasteiger partial charge in [0, 0.05) is 24.7 Å². The van der Waals surface area contributed by atoms with E-state index in [4.69, 9.17) is 0 Å². The van der Waals surface area contributed by atoms with Crippen LogP contribution in [0.3, 0.4) is 0 Å². The SMILES string of the molecule is C=C1CC(SC2=CC(C(C)(C)C)C(=O)C(=C)C2)=CC(C(C)(C)C)C1=O. The van der Waals surface area contributed by atoms with Crippen molar-refractivity contribution in [3.8, 4) is 0 Å². The lowest BCUT2D eigenvalue weighted by molar-refractivity contribution is -0.121. The molecule has 0 saturated carbocycles. The molecular formula is C22H30O2S. The van der Waals surface area contributed by atoms with Crippen molar-refractivity contribution >= 4 is 23.3 Å². The second kappa shape index (κ2) is 6.75. The van der Waals surface area contributed by atoms with Crippen LogP contribution in [0.1, 0.15) is 54.4 Å². The molecule has 0 amide bonds. The third-order valence-electron chi connectivity index (χ3n) is 4.87. The molecule has 2 unspecified atom stereocenters. The number of hydrogen-bond donors (Lipinski definition) is 0. The summed E-state index contributed by atoms with van der Waals surface area (Å²) in [6, 6.07) is 0.